The van der Waals surface area contributed by atoms with Gasteiger partial charge in [-0.15, -0.1) is 0 Å². The van der Waals surface area contributed by atoms with Crippen LogP contribution in [-0.4, -0.2) is 56.0 Å². The predicted octanol–water partition coefficient (Wildman–Crippen LogP) is 7.12. The van der Waals surface area contributed by atoms with E-state index in [1.807, 2.05) is 74.8 Å². The highest BCUT2D eigenvalue weighted by molar-refractivity contribution is 5.75. The topological polar surface area (TPSA) is 133 Å². The molecule has 0 aliphatic heterocycles. The van der Waals surface area contributed by atoms with Crippen molar-refractivity contribution in [2.24, 2.45) is 0 Å². The van der Waals surface area contributed by atoms with Gasteiger partial charge in [0.25, 0.3) is 11.4 Å². The van der Waals surface area contributed by atoms with Crippen LogP contribution in [0, 0.1) is 20.2 Å². The molecule has 1 fully saturated rings. The van der Waals surface area contributed by atoms with E-state index in [1.54, 1.807) is 0 Å². The van der Waals surface area contributed by atoms with Crippen molar-refractivity contribution in [1.82, 2.24) is 9.80 Å². The Morgan fingerprint density at radius 3 is 1.36 bits per heavy atom. The third-order valence-corrected chi connectivity index (χ3v) is 8.60. The van der Waals surface area contributed by atoms with Gasteiger partial charge in [-0.3, -0.25) is 30.0 Å². The van der Waals surface area contributed by atoms with Crippen LogP contribution < -0.4 is 0 Å². The molecule has 5 rings (SSSR count). The number of hydrogen-bond acceptors (Lipinski definition) is 8. The number of rotatable bonds is 10. The van der Waals surface area contributed by atoms with Crippen molar-refractivity contribution in [2.45, 2.75) is 50.9 Å². The maximum absolute atomic E-state index is 11.8. The number of benzene rings is 4. The second kappa shape index (κ2) is 13.2. The van der Waals surface area contributed by atoms with Gasteiger partial charge in [-0.1, -0.05) is 73.5 Å². The van der Waals surface area contributed by atoms with Gasteiger partial charge in [-0.2, -0.15) is 0 Å². The van der Waals surface area contributed by atoms with Crippen LogP contribution in [0.1, 0.15) is 36.8 Å². The normalized spacial score (nSPS) is 16.7. The van der Waals surface area contributed by atoms with E-state index in [0.29, 0.717) is 46.5 Å². The monoisotopic (exact) mass is 596 g/mol. The largest absolute Gasteiger partial charge is 0.507 e. The molecule has 10 nitrogen and oxygen atoms in total. The Morgan fingerprint density at radius 1 is 0.659 bits per heavy atom. The summed E-state index contributed by atoms with van der Waals surface area (Å²) in [6.07, 6.45) is 3.78. The van der Waals surface area contributed by atoms with E-state index >= 15 is 0 Å². The summed E-state index contributed by atoms with van der Waals surface area (Å²) in [6, 6.07) is 24.0. The Hall–Kier alpha value is -4.80. The Balaban J connectivity index is 1.42. The van der Waals surface area contributed by atoms with Crippen molar-refractivity contribution in [2.75, 3.05) is 14.1 Å². The molecule has 2 N–H and O–H groups in total. The summed E-state index contributed by atoms with van der Waals surface area (Å²) < 4.78 is 0. The van der Waals surface area contributed by atoms with Gasteiger partial charge in [0.1, 0.15) is 11.5 Å². The van der Waals surface area contributed by atoms with E-state index < -0.39 is 9.85 Å². The van der Waals surface area contributed by atoms with E-state index in [-0.39, 0.29) is 35.0 Å². The van der Waals surface area contributed by atoms with Crippen molar-refractivity contribution < 1.29 is 20.1 Å². The van der Waals surface area contributed by atoms with Gasteiger partial charge in [-0.05, 0) is 38.1 Å². The van der Waals surface area contributed by atoms with Gasteiger partial charge in [0.2, 0.25) is 0 Å². The maximum Gasteiger partial charge on any atom is 0.270 e. The Kier molecular flexibility index (Phi) is 9.22. The molecule has 0 saturated heterocycles. The zero-order valence-corrected chi connectivity index (χ0v) is 24.8. The first-order valence-corrected chi connectivity index (χ1v) is 14.7. The van der Waals surface area contributed by atoms with Gasteiger partial charge in [-0.25, -0.2) is 0 Å². The number of phenolic OH excluding ortho intramolecular Hbond substituents is 2. The van der Waals surface area contributed by atoms with E-state index in [1.165, 1.54) is 24.3 Å². The van der Waals surface area contributed by atoms with E-state index in [2.05, 4.69) is 9.80 Å². The number of hydrogen-bond donors (Lipinski definition) is 2. The molecule has 1 saturated carbocycles. The molecule has 228 valence electrons. The van der Waals surface area contributed by atoms with Crippen LogP contribution in [0.3, 0.4) is 0 Å². The molecule has 0 amide bonds. The maximum atomic E-state index is 11.8. The molecular formula is C34H36N4O6. The smallest absolute Gasteiger partial charge is 0.270 e. The SMILES string of the molecule is CN(Cc1cc([N+](=O)[O-])cc(-c2ccccc2)c1O)[C@@H]1CCCC[C@H]1N(C)Cc1cc([N+](=O)[O-])cc(-c2ccccc2)c1O. The lowest BCUT2D eigenvalue weighted by Gasteiger charge is -2.42. The van der Waals surface area contributed by atoms with Gasteiger partial charge in [0.05, 0.1) is 9.85 Å². The summed E-state index contributed by atoms with van der Waals surface area (Å²) in [7, 11) is 3.91. The summed E-state index contributed by atoms with van der Waals surface area (Å²) in [4.78, 5) is 27.0. The lowest BCUT2D eigenvalue weighted by Crippen LogP contribution is -2.50. The second-order valence-corrected chi connectivity index (χ2v) is 11.5. The summed E-state index contributed by atoms with van der Waals surface area (Å²) in [6.45, 7) is 0.588. The fourth-order valence-corrected chi connectivity index (χ4v) is 6.37. The average molecular weight is 597 g/mol. The number of nitrogens with zero attached hydrogens (tertiary/aromatic N) is 4. The van der Waals surface area contributed by atoms with Gasteiger partial charge < -0.3 is 10.2 Å². The summed E-state index contributed by atoms with van der Waals surface area (Å²) in [5.74, 6) is 0.0358. The van der Waals surface area contributed by atoms with Crippen LogP contribution in [0.25, 0.3) is 22.3 Å². The van der Waals surface area contributed by atoms with Gasteiger partial charge in [0, 0.05) is 71.7 Å². The molecule has 4 aromatic rings. The molecule has 10 heteroatoms. The highest BCUT2D eigenvalue weighted by Crippen LogP contribution is 2.39. The van der Waals surface area contributed by atoms with Crippen LogP contribution in [0.4, 0.5) is 11.4 Å². The lowest BCUT2D eigenvalue weighted by atomic mass is 9.87. The molecule has 0 unspecified atom stereocenters. The molecule has 44 heavy (non-hydrogen) atoms. The zero-order valence-electron chi connectivity index (χ0n) is 24.8. The first-order chi connectivity index (χ1) is 21.1. The minimum absolute atomic E-state index is 0.0179. The van der Waals surface area contributed by atoms with Crippen molar-refractivity contribution in [3.8, 4) is 33.8 Å². The molecule has 1 aliphatic rings. The Morgan fingerprint density at radius 2 is 1.02 bits per heavy atom. The van der Waals surface area contributed by atoms with Crippen molar-refractivity contribution in [3.05, 3.63) is 116 Å². The third-order valence-electron chi connectivity index (χ3n) is 8.60. The number of phenols is 2. The van der Waals surface area contributed by atoms with Crippen molar-refractivity contribution in [1.29, 1.82) is 0 Å². The molecule has 2 atom stereocenters. The minimum Gasteiger partial charge on any atom is -0.507 e. The van der Waals surface area contributed by atoms with E-state index in [9.17, 15) is 30.4 Å². The van der Waals surface area contributed by atoms with Crippen LogP contribution in [0.5, 0.6) is 11.5 Å². The number of aromatic hydroxyl groups is 2. The van der Waals surface area contributed by atoms with E-state index in [4.69, 9.17) is 0 Å². The molecule has 0 radical (unpaired) electrons. The summed E-state index contributed by atoms with van der Waals surface area (Å²) >= 11 is 0. The lowest BCUT2D eigenvalue weighted by molar-refractivity contribution is -0.385. The van der Waals surface area contributed by atoms with Crippen LogP contribution in [-0.2, 0) is 13.1 Å². The predicted molar refractivity (Wildman–Crippen MR) is 169 cm³/mol. The Bertz CT molecular complexity index is 1520. The molecule has 1 aliphatic carbocycles. The summed E-state index contributed by atoms with van der Waals surface area (Å²) in [5, 5.41) is 46.1. The fraction of sp³-hybridized carbons (Fsp3) is 0.294. The van der Waals surface area contributed by atoms with Gasteiger partial charge >= 0.3 is 0 Å². The number of nitro benzene ring substituents is 2. The standard InChI is InChI=1S/C34H36N4O6/c1-35(21-25-17-27(37(41)42)19-29(33(25)39)23-11-5-3-6-12-23)31-15-9-10-16-32(31)36(2)22-26-18-28(38(43)44)20-30(34(26)40)24-13-7-4-8-14-24/h3-8,11-14,17-20,31-32,39-40H,9-10,15-16,21-22H2,1-2H3/t31-,32-/m1/s1. The van der Waals surface area contributed by atoms with Crippen LogP contribution >= 0.6 is 0 Å². The third kappa shape index (κ3) is 6.56. The molecule has 0 bridgehead atoms. The number of likely N-dealkylation sites (N-methyl/N-ethyl adjacent to an activating group) is 2. The van der Waals surface area contributed by atoms with Gasteiger partial charge in [0.15, 0.2) is 0 Å². The van der Waals surface area contributed by atoms with E-state index in [0.717, 1.165) is 25.7 Å². The molecule has 0 aromatic heterocycles. The second-order valence-electron chi connectivity index (χ2n) is 11.5. The average Bonchev–Trinajstić information content (AvgIpc) is 3.03. The quantitative estimate of drug-likeness (QED) is 0.146. The fourth-order valence-electron chi connectivity index (χ4n) is 6.37. The molecule has 0 spiro atoms. The summed E-state index contributed by atoms with van der Waals surface area (Å²) in [5.41, 5.74) is 2.98. The first-order valence-electron chi connectivity index (χ1n) is 14.7. The highest BCUT2D eigenvalue weighted by atomic mass is 16.6. The van der Waals surface area contributed by atoms with Crippen molar-refractivity contribution >= 4 is 11.4 Å². The van der Waals surface area contributed by atoms with Crippen molar-refractivity contribution in [3.63, 3.8) is 0 Å². The number of non-ortho nitro benzene ring substituents is 2. The Labute approximate surface area is 256 Å². The molecular weight excluding hydrogens is 560 g/mol. The zero-order chi connectivity index (χ0) is 31.4. The number of nitro groups is 2. The highest BCUT2D eigenvalue weighted by Gasteiger charge is 2.33. The molecule has 4 aromatic carbocycles. The van der Waals surface area contributed by atoms with Crippen LogP contribution in [0.2, 0.25) is 0 Å². The minimum atomic E-state index is -0.443. The molecule has 0 heterocycles. The first kappa shape index (κ1) is 30.7. The van der Waals surface area contributed by atoms with Crippen LogP contribution in [0.15, 0.2) is 84.9 Å².